The fourth-order valence-electron chi connectivity index (χ4n) is 2.01. The molecule has 0 saturated carbocycles. The monoisotopic (exact) mass is 328 g/mol. The smallest absolute Gasteiger partial charge is 0.0700 e. The molecule has 0 spiro atoms. The van der Waals surface area contributed by atoms with E-state index < -0.39 is 0 Å². The Labute approximate surface area is 125 Å². The first kappa shape index (κ1) is 16.7. The number of aryl methyl sites for hydroxylation is 1. The Morgan fingerprint density at radius 3 is 2.47 bits per heavy atom. The molecule has 1 aromatic carbocycles. The zero-order valence-electron chi connectivity index (χ0n) is 12.0. The van der Waals surface area contributed by atoms with E-state index in [-0.39, 0.29) is 0 Å². The lowest BCUT2D eigenvalue weighted by Crippen LogP contribution is -2.09. The molecule has 0 radical (unpaired) electrons. The summed E-state index contributed by atoms with van der Waals surface area (Å²) in [6.07, 6.45) is 3.46. The summed E-state index contributed by atoms with van der Waals surface area (Å²) in [4.78, 5) is 0. The van der Waals surface area contributed by atoms with Gasteiger partial charge in [-0.2, -0.15) is 0 Å². The Morgan fingerprint density at radius 1 is 1.11 bits per heavy atom. The van der Waals surface area contributed by atoms with Crippen LogP contribution in [0.15, 0.2) is 24.3 Å². The molecule has 0 aliphatic heterocycles. The molecule has 0 amide bonds. The van der Waals surface area contributed by atoms with Gasteiger partial charge in [0.05, 0.1) is 13.2 Å². The van der Waals surface area contributed by atoms with E-state index in [1.165, 1.54) is 17.5 Å². The van der Waals surface area contributed by atoms with Crippen LogP contribution in [-0.2, 0) is 15.9 Å². The van der Waals surface area contributed by atoms with Crippen LogP contribution in [0.5, 0.6) is 0 Å². The molecule has 0 bridgehead atoms. The molecule has 108 valence electrons. The predicted molar refractivity (Wildman–Crippen MR) is 84.1 cm³/mol. The number of alkyl halides is 1. The summed E-state index contributed by atoms with van der Waals surface area (Å²) in [5.41, 5.74) is 2.75. The van der Waals surface area contributed by atoms with Crippen LogP contribution < -0.4 is 0 Å². The van der Waals surface area contributed by atoms with E-state index in [2.05, 4.69) is 47.1 Å². The van der Waals surface area contributed by atoms with Crippen molar-refractivity contribution in [2.75, 3.05) is 32.3 Å². The number of ether oxygens (including phenoxy) is 2. The summed E-state index contributed by atoms with van der Waals surface area (Å²) in [5.74, 6) is 0.689. The molecule has 1 rings (SSSR count). The van der Waals surface area contributed by atoms with Crippen molar-refractivity contribution in [3.05, 3.63) is 35.4 Å². The molecule has 1 atom stereocenters. The molecule has 0 saturated heterocycles. The fraction of sp³-hybridized carbons (Fsp3) is 0.625. The van der Waals surface area contributed by atoms with Crippen molar-refractivity contribution in [2.24, 2.45) is 5.92 Å². The Bertz CT molecular complexity index is 324. The highest BCUT2D eigenvalue weighted by molar-refractivity contribution is 9.09. The largest absolute Gasteiger partial charge is 0.382 e. The number of halogens is 1. The molecule has 1 aromatic rings. The number of methoxy groups -OCH3 is 1. The van der Waals surface area contributed by atoms with Crippen molar-refractivity contribution < 1.29 is 9.47 Å². The average molecular weight is 329 g/mol. The van der Waals surface area contributed by atoms with Gasteiger partial charge in [-0.3, -0.25) is 0 Å². The van der Waals surface area contributed by atoms with E-state index in [0.29, 0.717) is 19.1 Å². The van der Waals surface area contributed by atoms with Gasteiger partial charge in [0.15, 0.2) is 0 Å². The zero-order chi connectivity index (χ0) is 13.9. The summed E-state index contributed by atoms with van der Waals surface area (Å²) in [7, 11) is 1.70. The highest BCUT2D eigenvalue weighted by Crippen LogP contribution is 2.17. The molecular weight excluding hydrogens is 304 g/mol. The van der Waals surface area contributed by atoms with Crippen LogP contribution in [-0.4, -0.2) is 32.3 Å². The second-order valence-corrected chi connectivity index (χ2v) is 5.60. The average Bonchev–Trinajstić information content (AvgIpc) is 2.43. The van der Waals surface area contributed by atoms with Crippen molar-refractivity contribution >= 4 is 15.9 Å². The van der Waals surface area contributed by atoms with Gasteiger partial charge < -0.3 is 9.47 Å². The highest BCUT2D eigenvalue weighted by atomic mass is 79.9. The molecule has 0 heterocycles. The summed E-state index contributed by atoms with van der Waals surface area (Å²) in [6, 6.07) is 8.85. The maximum atomic E-state index is 5.49. The highest BCUT2D eigenvalue weighted by Gasteiger charge is 2.08. The van der Waals surface area contributed by atoms with Crippen molar-refractivity contribution in [3.63, 3.8) is 0 Å². The molecule has 0 aliphatic carbocycles. The van der Waals surface area contributed by atoms with Crippen LogP contribution in [0.25, 0.3) is 0 Å². The molecular formula is C16H25BrO2. The molecule has 0 N–H and O–H groups in total. The van der Waals surface area contributed by atoms with E-state index in [9.17, 15) is 0 Å². The van der Waals surface area contributed by atoms with Gasteiger partial charge in [0.1, 0.15) is 0 Å². The first-order valence-electron chi connectivity index (χ1n) is 6.94. The van der Waals surface area contributed by atoms with Crippen LogP contribution in [0.2, 0.25) is 0 Å². The number of hydrogen-bond donors (Lipinski definition) is 0. The molecule has 1 unspecified atom stereocenters. The van der Waals surface area contributed by atoms with Gasteiger partial charge in [-0.25, -0.2) is 0 Å². The SMILES string of the molecule is COCCOCCCC(CBr)Cc1ccc(C)cc1. The third-order valence-corrected chi connectivity index (χ3v) is 4.11. The topological polar surface area (TPSA) is 18.5 Å². The van der Waals surface area contributed by atoms with E-state index >= 15 is 0 Å². The number of hydrogen-bond acceptors (Lipinski definition) is 2. The second-order valence-electron chi connectivity index (χ2n) is 4.96. The Balaban J connectivity index is 2.20. The van der Waals surface area contributed by atoms with Gasteiger partial charge in [-0.1, -0.05) is 45.8 Å². The molecule has 3 heteroatoms. The molecule has 19 heavy (non-hydrogen) atoms. The van der Waals surface area contributed by atoms with Gasteiger partial charge in [0.2, 0.25) is 0 Å². The van der Waals surface area contributed by atoms with Gasteiger partial charge in [-0.05, 0) is 37.7 Å². The van der Waals surface area contributed by atoms with Crippen molar-refractivity contribution in [2.45, 2.75) is 26.2 Å². The van der Waals surface area contributed by atoms with Crippen LogP contribution in [0.1, 0.15) is 24.0 Å². The predicted octanol–water partition coefficient (Wildman–Crippen LogP) is 3.99. The zero-order valence-corrected chi connectivity index (χ0v) is 13.6. The standard InChI is InChI=1S/C16H25BrO2/c1-14-5-7-15(8-6-14)12-16(13-17)4-3-9-19-11-10-18-2/h5-8,16H,3-4,9-13H2,1-2H3. The minimum atomic E-state index is 0.686. The summed E-state index contributed by atoms with van der Waals surface area (Å²) in [6.45, 7) is 4.35. The lowest BCUT2D eigenvalue weighted by Gasteiger charge is -2.14. The third kappa shape index (κ3) is 7.71. The van der Waals surface area contributed by atoms with E-state index in [0.717, 1.165) is 24.8 Å². The first-order chi connectivity index (χ1) is 9.26. The van der Waals surface area contributed by atoms with Crippen molar-refractivity contribution in [1.82, 2.24) is 0 Å². The third-order valence-electron chi connectivity index (χ3n) is 3.20. The Morgan fingerprint density at radius 2 is 1.84 bits per heavy atom. The van der Waals surface area contributed by atoms with Gasteiger partial charge in [0, 0.05) is 19.0 Å². The quantitative estimate of drug-likeness (QED) is 0.477. The van der Waals surface area contributed by atoms with Crippen LogP contribution >= 0.6 is 15.9 Å². The van der Waals surface area contributed by atoms with Crippen LogP contribution in [0.4, 0.5) is 0 Å². The minimum absolute atomic E-state index is 0.686. The summed E-state index contributed by atoms with van der Waals surface area (Å²) in [5, 5.41) is 1.05. The van der Waals surface area contributed by atoms with Crippen LogP contribution in [0, 0.1) is 12.8 Å². The van der Waals surface area contributed by atoms with E-state index in [1.54, 1.807) is 7.11 Å². The lowest BCUT2D eigenvalue weighted by atomic mass is 9.96. The summed E-state index contributed by atoms with van der Waals surface area (Å²) >= 11 is 3.62. The first-order valence-corrected chi connectivity index (χ1v) is 8.06. The molecule has 0 aliphatic rings. The van der Waals surface area contributed by atoms with E-state index in [1.807, 2.05) is 0 Å². The van der Waals surface area contributed by atoms with Gasteiger partial charge in [0.25, 0.3) is 0 Å². The molecule has 2 nitrogen and oxygen atoms in total. The Kier molecular flexibility index (Phi) is 9.14. The normalized spacial score (nSPS) is 12.6. The van der Waals surface area contributed by atoms with Gasteiger partial charge >= 0.3 is 0 Å². The van der Waals surface area contributed by atoms with Gasteiger partial charge in [-0.15, -0.1) is 0 Å². The van der Waals surface area contributed by atoms with E-state index in [4.69, 9.17) is 9.47 Å². The summed E-state index contributed by atoms with van der Waals surface area (Å²) < 4.78 is 10.4. The maximum Gasteiger partial charge on any atom is 0.0700 e. The molecule has 0 fully saturated rings. The lowest BCUT2D eigenvalue weighted by molar-refractivity contribution is 0.0675. The second kappa shape index (κ2) is 10.4. The maximum absolute atomic E-state index is 5.49. The van der Waals surface area contributed by atoms with Crippen molar-refractivity contribution in [1.29, 1.82) is 0 Å². The van der Waals surface area contributed by atoms with Crippen molar-refractivity contribution in [3.8, 4) is 0 Å². The number of rotatable bonds is 10. The Hall–Kier alpha value is -0.380. The number of benzene rings is 1. The fourth-order valence-corrected chi connectivity index (χ4v) is 2.56. The van der Waals surface area contributed by atoms with Crippen LogP contribution in [0.3, 0.4) is 0 Å². The molecule has 0 aromatic heterocycles. The minimum Gasteiger partial charge on any atom is -0.382 e.